The minimum atomic E-state index is -1.29. The molecule has 0 radical (unpaired) electrons. The van der Waals surface area contributed by atoms with E-state index in [1.54, 1.807) is 41.3 Å². The molecule has 0 spiro atoms. The lowest BCUT2D eigenvalue weighted by molar-refractivity contribution is -0.138. The molecule has 1 fully saturated rings. The second-order valence-electron chi connectivity index (χ2n) is 10.9. The van der Waals surface area contributed by atoms with Crippen LogP contribution in [0.3, 0.4) is 0 Å². The van der Waals surface area contributed by atoms with E-state index in [1.165, 1.54) is 36.4 Å². The Balaban J connectivity index is 1.36. The number of carbonyl (C=O) groups excluding carboxylic acids is 4. The van der Waals surface area contributed by atoms with Gasteiger partial charge in [-0.25, -0.2) is 4.39 Å². The lowest BCUT2D eigenvalue weighted by Crippen LogP contribution is -2.54. The van der Waals surface area contributed by atoms with Crippen molar-refractivity contribution in [3.05, 3.63) is 89.7 Å². The number of rotatable bonds is 7. The molecule has 4 amide bonds. The largest absolute Gasteiger partial charge is 0.508 e. The Morgan fingerprint density at radius 1 is 1.02 bits per heavy atom. The number of nitrogens with zero attached hydrogens (tertiary/aromatic N) is 1. The lowest BCUT2D eigenvalue weighted by Gasteiger charge is -2.30. The summed E-state index contributed by atoms with van der Waals surface area (Å²) in [5.74, 6) is -1.74. The standard InChI is InChI=1S/C33H35FN4O7/c34-22-9-13-25(14-10-22)44-17-15-35-32(42)27-19-30(40)36-28(18-21-7-11-24(39)12-8-21)33(43)38-16-3-4-23(38)20-45-29-6-2-1-5-26(29)31(41)37-27/h1-2,5-14,23,27-28,39H,3-4,15-20H2,(H,35,42)(H,36,40)(H,37,41)/t23-,27+,28+/m1/s1. The molecule has 3 aromatic carbocycles. The molecule has 3 atom stereocenters. The molecule has 2 aliphatic rings. The van der Waals surface area contributed by atoms with Crippen molar-refractivity contribution in [3.63, 3.8) is 0 Å². The number of ether oxygens (including phenoxy) is 2. The summed E-state index contributed by atoms with van der Waals surface area (Å²) in [7, 11) is 0. The maximum atomic E-state index is 13.9. The molecule has 11 nitrogen and oxygen atoms in total. The molecular formula is C33H35FN4O7. The minimum absolute atomic E-state index is 0.0439. The Hall–Kier alpha value is -5.13. The summed E-state index contributed by atoms with van der Waals surface area (Å²) in [5.41, 5.74) is 0.908. The van der Waals surface area contributed by atoms with E-state index in [1.807, 2.05) is 0 Å². The van der Waals surface area contributed by atoms with Gasteiger partial charge in [0.25, 0.3) is 5.91 Å². The highest BCUT2D eigenvalue weighted by molar-refractivity contribution is 6.01. The Bertz CT molecular complexity index is 1520. The van der Waals surface area contributed by atoms with Gasteiger partial charge in [-0.3, -0.25) is 19.2 Å². The van der Waals surface area contributed by atoms with E-state index in [4.69, 9.17) is 9.47 Å². The number of hydrogen-bond donors (Lipinski definition) is 4. The van der Waals surface area contributed by atoms with Gasteiger partial charge in [-0.15, -0.1) is 0 Å². The van der Waals surface area contributed by atoms with Crippen LogP contribution in [0.2, 0.25) is 0 Å². The molecule has 1 saturated heterocycles. The second kappa shape index (κ2) is 14.6. The van der Waals surface area contributed by atoms with E-state index < -0.39 is 42.0 Å². The van der Waals surface area contributed by atoms with Gasteiger partial charge in [0.05, 0.1) is 24.6 Å². The Kier molecular flexibility index (Phi) is 10.1. The van der Waals surface area contributed by atoms with Crippen LogP contribution in [0, 0.1) is 5.82 Å². The van der Waals surface area contributed by atoms with E-state index >= 15 is 0 Å². The van der Waals surface area contributed by atoms with Gasteiger partial charge in [0.2, 0.25) is 17.7 Å². The smallest absolute Gasteiger partial charge is 0.255 e. The molecule has 5 rings (SSSR count). The topological polar surface area (TPSA) is 146 Å². The van der Waals surface area contributed by atoms with Crippen LogP contribution in [-0.4, -0.2) is 78.1 Å². The highest BCUT2D eigenvalue weighted by atomic mass is 19.1. The number of fused-ring (bicyclic) bond motifs is 2. The number of phenolic OH excluding ortho intramolecular Hbond substituents is 1. The van der Waals surface area contributed by atoms with Crippen LogP contribution >= 0.6 is 0 Å². The van der Waals surface area contributed by atoms with Crippen molar-refractivity contribution in [2.45, 2.75) is 43.8 Å². The second-order valence-corrected chi connectivity index (χ2v) is 10.9. The Morgan fingerprint density at radius 2 is 1.78 bits per heavy atom. The van der Waals surface area contributed by atoms with Gasteiger partial charge >= 0.3 is 0 Å². The van der Waals surface area contributed by atoms with Crippen LogP contribution in [0.4, 0.5) is 4.39 Å². The fourth-order valence-corrected chi connectivity index (χ4v) is 5.41. The summed E-state index contributed by atoms with van der Waals surface area (Å²) < 4.78 is 24.8. The summed E-state index contributed by atoms with van der Waals surface area (Å²) in [4.78, 5) is 55.7. The van der Waals surface area contributed by atoms with Crippen molar-refractivity contribution < 1.29 is 38.1 Å². The molecule has 236 valence electrons. The van der Waals surface area contributed by atoms with Crippen molar-refractivity contribution in [3.8, 4) is 17.2 Å². The zero-order valence-corrected chi connectivity index (χ0v) is 24.5. The van der Waals surface area contributed by atoms with Crippen LogP contribution in [0.25, 0.3) is 0 Å². The van der Waals surface area contributed by atoms with Crippen LogP contribution < -0.4 is 25.4 Å². The van der Waals surface area contributed by atoms with Gasteiger partial charge in [-0.2, -0.15) is 0 Å². The number of carbonyl (C=O) groups is 4. The number of phenols is 1. The SMILES string of the molecule is O=C1C[C@@H](C(=O)NCCOc2ccc(F)cc2)NC(=O)c2ccccc2OC[C@H]2CCCN2C(=O)[C@H](Cc2ccc(O)cc2)N1. The molecule has 4 N–H and O–H groups in total. The number of nitrogens with one attached hydrogen (secondary N) is 3. The van der Waals surface area contributed by atoms with Gasteiger partial charge in [-0.1, -0.05) is 24.3 Å². The predicted octanol–water partition coefficient (Wildman–Crippen LogP) is 2.33. The highest BCUT2D eigenvalue weighted by Gasteiger charge is 2.36. The Labute approximate surface area is 259 Å². The van der Waals surface area contributed by atoms with Crippen LogP contribution in [-0.2, 0) is 20.8 Å². The zero-order chi connectivity index (χ0) is 31.8. The summed E-state index contributed by atoms with van der Waals surface area (Å²) in [6, 6.07) is 15.9. The first-order chi connectivity index (χ1) is 21.8. The molecule has 2 aliphatic heterocycles. The molecule has 0 bridgehead atoms. The van der Waals surface area contributed by atoms with Crippen molar-refractivity contribution in [2.75, 3.05) is 26.3 Å². The van der Waals surface area contributed by atoms with E-state index in [0.29, 0.717) is 24.5 Å². The van der Waals surface area contributed by atoms with E-state index in [-0.39, 0.29) is 49.4 Å². The number of amides is 4. The van der Waals surface area contributed by atoms with Gasteiger partial charge in [0.1, 0.15) is 48.4 Å². The summed E-state index contributed by atoms with van der Waals surface area (Å²) >= 11 is 0. The van der Waals surface area contributed by atoms with E-state index in [0.717, 1.165) is 12.0 Å². The van der Waals surface area contributed by atoms with E-state index in [9.17, 15) is 28.7 Å². The first kappa shape index (κ1) is 31.3. The normalized spacial score (nSPS) is 20.5. The summed E-state index contributed by atoms with van der Waals surface area (Å²) in [6.07, 6.45) is 1.17. The molecule has 2 heterocycles. The number of benzene rings is 3. The molecule has 3 aromatic rings. The predicted molar refractivity (Wildman–Crippen MR) is 161 cm³/mol. The monoisotopic (exact) mass is 618 g/mol. The lowest BCUT2D eigenvalue weighted by atomic mass is 10.0. The van der Waals surface area contributed by atoms with Gasteiger partial charge in [-0.05, 0) is 66.9 Å². The van der Waals surface area contributed by atoms with Crippen molar-refractivity contribution >= 4 is 23.6 Å². The van der Waals surface area contributed by atoms with Crippen molar-refractivity contribution in [1.29, 1.82) is 0 Å². The molecule has 0 aliphatic carbocycles. The number of hydrogen-bond acceptors (Lipinski definition) is 7. The molecular weight excluding hydrogens is 583 g/mol. The van der Waals surface area contributed by atoms with Crippen LogP contribution in [0.1, 0.15) is 35.2 Å². The Morgan fingerprint density at radius 3 is 2.56 bits per heavy atom. The highest BCUT2D eigenvalue weighted by Crippen LogP contribution is 2.24. The van der Waals surface area contributed by atoms with E-state index in [2.05, 4.69) is 16.0 Å². The molecule has 0 saturated carbocycles. The third-order valence-corrected chi connectivity index (χ3v) is 7.73. The minimum Gasteiger partial charge on any atom is -0.508 e. The third-order valence-electron chi connectivity index (χ3n) is 7.73. The first-order valence-electron chi connectivity index (χ1n) is 14.8. The summed E-state index contributed by atoms with van der Waals surface area (Å²) in [5, 5.41) is 17.8. The van der Waals surface area contributed by atoms with Crippen LogP contribution in [0.5, 0.6) is 17.2 Å². The average molecular weight is 619 g/mol. The maximum absolute atomic E-state index is 13.9. The number of aromatic hydroxyl groups is 1. The average Bonchev–Trinajstić information content (AvgIpc) is 3.51. The third kappa shape index (κ3) is 8.28. The molecule has 45 heavy (non-hydrogen) atoms. The van der Waals surface area contributed by atoms with Gasteiger partial charge < -0.3 is 35.4 Å². The first-order valence-corrected chi connectivity index (χ1v) is 14.8. The van der Waals surface area contributed by atoms with Gasteiger partial charge in [0, 0.05) is 13.0 Å². The zero-order valence-electron chi connectivity index (χ0n) is 24.5. The molecule has 0 unspecified atom stereocenters. The fraction of sp³-hybridized carbons (Fsp3) is 0.333. The van der Waals surface area contributed by atoms with Crippen LogP contribution in [0.15, 0.2) is 72.8 Å². The number of halogens is 1. The van der Waals surface area contributed by atoms with Crippen molar-refractivity contribution in [2.24, 2.45) is 0 Å². The molecule has 12 heteroatoms. The van der Waals surface area contributed by atoms with Gasteiger partial charge in [0.15, 0.2) is 0 Å². The van der Waals surface area contributed by atoms with Crippen molar-refractivity contribution in [1.82, 2.24) is 20.9 Å². The summed E-state index contributed by atoms with van der Waals surface area (Å²) in [6.45, 7) is 0.735. The quantitative estimate of drug-likeness (QED) is 0.298. The number of para-hydroxylation sites is 1. The fourth-order valence-electron chi connectivity index (χ4n) is 5.41. The maximum Gasteiger partial charge on any atom is 0.255 e. The molecule has 0 aromatic heterocycles.